The molecule has 0 amide bonds. The highest BCUT2D eigenvalue weighted by Crippen LogP contribution is 2.36. The van der Waals surface area contributed by atoms with E-state index in [-0.39, 0.29) is 28.6 Å². The molecule has 2 unspecified atom stereocenters. The highest BCUT2D eigenvalue weighted by Gasteiger charge is 2.36. The smallest absolute Gasteiger partial charge is 0.191 e. The molecule has 1 rings (SSSR count). The summed E-state index contributed by atoms with van der Waals surface area (Å²) in [5.41, 5.74) is 0. The number of aliphatic hydroxyl groups excluding tert-OH is 1. The largest absolute Gasteiger partial charge is 0.417 e. The Morgan fingerprint density at radius 1 is 0.970 bits per heavy atom. The molecule has 0 aliphatic rings. The van der Waals surface area contributed by atoms with Crippen LogP contribution in [0.4, 0.5) is 0 Å². The fraction of sp³-hybridized carbons (Fsp3) is 0.731. The van der Waals surface area contributed by atoms with E-state index in [0.29, 0.717) is 12.8 Å². The summed E-state index contributed by atoms with van der Waals surface area (Å²) in [4.78, 5) is 13.0. The lowest BCUT2D eigenvalue weighted by Gasteiger charge is -2.36. The predicted octanol–water partition coefficient (Wildman–Crippen LogP) is 6.31. The van der Waals surface area contributed by atoms with Crippen molar-refractivity contribution in [3.8, 4) is 0 Å². The van der Waals surface area contributed by atoms with Crippen LogP contribution in [-0.2, 0) is 19.1 Å². The van der Waals surface area contributed by atoms with Crippen molar-refractivity contribution in [2.75, 3.05) is 6.61 Å². The Labute approximate surface area is 203 Å². The van der Waals surface area contributed by atoms with Gasteiger partial charge in [-0.2, -0.15) is 0 Å². The van der Waals surface area contributed by atoms with Crippen LogP contribution < -0.4 is 0 Å². The number of aliphatic hydroxyl groups is 1. The van der Waals surface area contributed by atoms with E-state index in [1.807, 2.05) is 0 Å². The van der Waals surface area contributed by atoms with Crippen molar-refractivity contribution in [2.24, 2.45) is 0 Å². The van der Waals surface area contributed by atoms with Gasteiger partial charge in [0.1, 0.15) is 5.25 Å². The van der Waals surface area contributed by atoms with Crippen LogP contribution in [0.1, 0.15) is 85.5 Å². The first kappa shape index (κ1) is 30.0. The van der Waals surface area contributed by atoms with E-state index in [4.69, 9.17) is 4.43 Å². The normalized spacial score (nSPS) is 14.8. The van der Waals surface area contributed by atoms with Crippen molar-refractivity contribution < 1.29 is 22.7 Å². The van der Waals surface area contributed by atoms with Gasteiger partial charge in [0.05, 0.1) is 11.0 Å². The topological polar surface area (TPSA) is 80.7 Å². The molecule has 0 saturated carbocycles. The Morgan fingerprint density at radius 3 is 2.06 bits per heavy atom. The number of ketones is 1. The molecule has 0 radical (unpaired) electrons. The van der Waals surface area contributed by atoms with Crippen molar-refractivity contribution >= 4 is 23.9 Å². The van der Waals surface area contributed by atoms with Crippen LogP contribution in [0.15, 0.2) is 35.2 Å². The number of carbonyl (C=O) groups is 1. The van der Waals surface area contributed by atoms with Crippen molar-refractivity contribution in [1.82, 2.24) is 0 Å². The molecular weight excluding hydrogens is 452 g/mol. The molecule has 0 aromatic heterocycles. The van der Waals surface area contributed by atoms with Crippen molar-refractivity contribution in [1.29, 1.82) is 0 Å². The summed E-state index contributed by atoms with van der Waals surface area (Å²) in [6, 6.07) is 8.23. The molecule has 0 aliphatic carbocycles. The third kappa shape index (κ3) is 10.4. The molecular formula is C26H46O5SSi. The molecule has 190 valence electrons. The lowest BCUT2D eigenvalue weighted by atomic mass is 10.0. The summed E-state index contributed by atoms with van der Waals surface area (Å²) < 4.78 is 32.4. The monoisotopic (exact) mass is 498 g/mol. The molecule has 0 heterocycles. The van der Waals surface area contributed by atoms with Gasteiger partial charge in [-0.15, -0.1) is 0 Å². The van der Waals surface area contributed by atoms with Gasteiger partial charge in [-0.05, 0) is 56.5 Å². The third-order valence-corrected chi connectivity index (χ3v) is 13.5. The summed E-state index contributed by atoms with van der Waals surface area (Å²) in [6.45, 7) is 13.7. The van der Waals surface area contributed by atoms with Crippen LogP contribution in [0.5, 0.6) is 0 Å². The first-order chi connectivity index (χ1) is 15.3. The lowest BCUT2D eigenvalue weighted by molar-refractivity contribution is -0.119. The molecule has 33 heavy (non-hydrogen) atoms. The van der Waals surface area contributed by atoms with Crippen LogP contribution in [0.25, 0.3) is 0 Å². The number of Topliss-reactive ketones (excluding diaryl/α,β-unsaturated/α-hetero) is 1. The Morgan fingerprint density at radius 2 is 1.52 bits per heavy atom. The van der Waals surface area contributed by atoms with Crippen molar-refractivity contribution in [2.45, 2.75) is 120 Å². The maximum absolute atomic E-state index is 13.1. The molecule has 0 fully saturated rings. The molecule has 0 spiro atoms. The van der Waals surface area contributed by atoms with Gasteiger partial charge >= 0.3 is 0 Å². The first-order valence-electron chi connectivity index (χ1n) is 12.4. The summed E-state index contributed by atoms with van der Waals surface area (Å²) in [5, 5.41) is 8.71. The number of hydrogen-bond donors (Lipinski definition) is 1. The average molecular weight is 499 g/mol. The summed E-state index contributed by atoms with van der Waals surface area (Å²) in [5.74, 6) is -0.289. The fourth-order valence-corrected chi connectivity index (χ4v) is 6.35. The highest BCUT2D eigenvalue weighted by atomic mass is 32.2. The summed E-state index contributed by atoms with van der Waals surface area (Å²) >= 11 is 0. The minimum Gasteiger partial charge on any atom is -0.417 e. The number of unbranched alkanes of at least 4 members (excludes halogenated alkanes) is 5. The second kappa shape index (κ2) is 13.8. The predicted molar refractivity (Wildman–Crippen MR) is 139 cm³/mol. The van der Waals surface area contributed by atoms with Gasteiger partial charge in [0, 0.05) is 13.0 Å². The zero-order valence-electron chi connectivity index (χ0n) is 21.6. The summed E-state index contributed by atoms with van der Waals surface area (Å²) in [6.07, 6.45) is 5.99. The number of hydrogen-bond acceptors (Lipinski definition) is 5. The number of carbonyl (C=O) groups excluding carboxylic acids is 1. The molecule has 1 N–H and O–H groups in total. The maximum Gasteiger partial charge on any atom is 0.191 e. The molecule has 0 saturated heterocycles. The lowest BCUT2D eigenvalue weighted by Crippen LogP contribution is -2.40. The second-order valence-corrected chi connectivity index (χ2v) is 17.7. The summed E-state index contributed by atoms with van der Waals surface area (Å²) in [7, 11) is -5.40. The number of rotatable bonds is 16. The van der Waals surface area contributed by atoms with Gasteiger partial charge in [-0.25, -0.2) is 8.42 Å². The van der Waals surface area contributed by atoms with Gasteiger partial charge in [0.15, 0.2) is 23.9 Å². The minimum absolute atomic E-state index is 0.0859. The van der Waals surface area contributed by atoms with Gasteiger partial charge in [0.2, 0.25) is 0 Å². The zero-order valence-corrected chi connectivity index (χ0v) is 23.4. The average Bonchev–Trinajstić information content (AvgIpc) is 2.73. The Balaban J connectivity index is 2.48. The molecule has 0 aliphatic heterocycles. The van der Waals surface area contributed by atoms with E-state index in [9.17, 15) is 18.3 Å². The molecule has 2 atom stereocenters. The van der Waals surface area contributed by atoms with E-state index in [1.165, 1.54) is 0 Å². The minimum atomic E-state index is -3.72. The van der Waals surface area contributed by atoms with E-state index in [2.05, 4.69) is 33.9 Å². The third-order valence-electron chi connectivity index (χ3n) is 6.74. The molecule has 0 bridgehead atoms. The SMILES string of the molecule is CC(O)CCC(=O)C(CCCCCCCCO[Si](C)(C)C(C)(C)C)S(=O)(=O)c1ccccc1. The van der Waals surface area contributed by atoms with Crippen LogP contribution in [0.3, 0.4) is 0 Å². The number of benzene rings is 1. The Hall–Kier alpha value is -1.02. The standard InChI is InChI=1S/C26H46O5SSi/c1-22(27)19-20-24(28)25(32(29,30)23-16-12-11-13-17-23)18-14-9-7-8-10-15-21-31-33(5,6)26(2,3)4/h11-13,16-17,22,25,27H,7-10,14-15,18-21H2,1-6H3. The van der Waals surface area contributed by atoms with Crippen molar-refractivity contribution in [3.05, 3.63) is 30.3 Å². The van der Waals surface area contributed by atoms with E-state index in [1.54, 1.807) is 37.3 Å². The van der Waals surface area contributed by atoms with Crippen LogP contribution in [0, 0.1) is 0 Å². The Kier molecular flexibility index (Phi) is 12.5. The quantitative estimate of drug-likeness (QED) is 0.213. The Bertz CT molecular complexity index is 798. The molecule has 1 aromatic carbocycles. The number of sulfone groups is 1. The van der Waals surface area contributed by atoms with Gasteiger partial charge in [-0.3, -0.25) is 4.79 Å². The second-order valence-electron chi connectivity index (χ2n) is 10.7. The molecule has 5 nitrogen and oxygen atoms in total. The van der Waals surface area contributed by atoms with Crippen LogP contribution in [0.2, 0.25) is 18.1 Å². The highest BCUT2D eigenvalue weighted by molar-refractivity contribution is 7.92. The molecule has 1 aromatic rings. The fourth-order valence-electron chi connectivity index (χ4n) is 3.46. The molecule has 7 heteroatoms. The van der Waals surface area contributed by atoms with E-state index in [0.717, 1.165) is 38.7 Å². The van der Waals surface area contributed by atoms with Gasteiger partial charge in [0.25, 0.3) is 0 Å². The zero-order chi connectivity index (χ0) is 25.1. The van der Waals surface area contributed by atoms with Crippen LogP contribution >= 0.6 is 0 Å². The van der Waals surface area contributed by atoms with E-state index < -0.39 is 29.5 Å². The van der Waals surface area contributed by atoms with E-state index >= 15 is 0 Å². The van der Waals surface area contributed by atoms with Gasteiger partial charge < -0.3 is 9.53 Å². The van der Waals surface area contributed by atoms with Crippen molar-refractivity contribution in [3.63, 3.8) is 0 Å². The van der Waals surface area contributed by atoms with Gasteiger partial charge in [-0.1, -0.05) is 71.1 Å². The van der Waals surface area contributed by atoms with Crippen LogP contribution in [-0.4, -0.2) is 45.6 Å². The maximum atomic E-state index is 13.1. The first-order valence-corrected chi connectivity index (χ1v) is 16.9.